The van der Waals surface area contributed by atoms with Crippen molar-refractivity contribution in [1.29, 1.82) is 5.26 Å². The molecule has 1 aromatic heterocycles. The summed E-state index contributed by atoms with van der Waals surface area (Å²) in [4.78, 5) is 0. The molecule has 0 N–H and O–H groups in total. The van der Waals surface area contributed by atoms with Crippen molar-refractivity contribution in [2.24, 2.45) is 5.92 Å². The van der Waals surface area contributed by atoms with E-state index in [0.717, 1.165) is 29.3 Å². The van der Waals surface area contributed by atoms with Crippen molar-refractivity contribution in [2.45, 2.75) is 19.4 Å². The van der Waals surface area contributed by atoms with Gasteiger partial charge in [-0.15, -0.1) is 0 Å². The molecule has 0 bridgehead atoms. The Balaban J connectivity index is 1.95. The molecule has 96 valence electrons. The average Bonchev–Trinajstić information content (AvgIpc) is 3.14. The van der Waals surface area contributed by atoms with Crippen LogP contribution in [0.4, 0.5) is 0 Å². The minimum Gasteiger partial charge on any atom is -0.496 e. The molecular weight excluding hydrogens is 238 g/mol. The summed E-state index contributed by atoms with van der Waals surface area (Å²) in [5.74, 6) is 1.56. The quantitative estimate of drug-likeness (QED) is 0.841. The van der Waals surface area contributed by atoms with Crippen LogP contribution in [0.1, 0.15) is 18.4 Å². The van der Waals surface area contributed by atoms with Crippen molar-refractivity contribution in [3.8, 4) is 22.9 Å². The molecule has 19 heavy (non-hydrogen) atoms. The maximum Gasteiger partial charge on any atom is 0.126 e. The van der Waals surface area contributed by atoms with Crippen LogP contribution < -0.4 is 4.74 Å². The first-order valence-corrected chi connectivity index (χ1v) is 6.41. The SMILES string of the molecule is COc1ccc(C#N)cc1-c1cnn(CC2CC2)c1. The van der Waals surface area contributed by atoms with Gasteiger partial charge in [-0.25, -0.2) is 0 Å². The molecule has 3 rings (SSSR count). The van der Waals surface area contributed by atoms with Gasteiger partial charge in [0.2, 0.25) is 0 Å². The second-order valence-electron chi connectivity index (χ2n) is 4.92. The van der Waals surface area contributed by atoms with Crippen LogP contribution in [0.25, 0.3) is 11.1 Å². The van der Waals surface area contributed by atoms with E-state index in [1.54, 1.807) is 13.2 Å². The molecule has 1 saturated carbocycles. The lowest BCUT2D eigenvalue weighted by molar-refractivity contribution is 0.416. The molecule has 0 aliphatic heterocycles. The third-order valence-corrected chi connectivity index (χ3v) is 3.42. The molecule has 0 atom stereocenters. The molecule has 1 fully saturated rings. The Morgan fingerprint density at radius 2 is 2.32 bits per heavy atom. The summed E-state index contributed by atoms with van der Waals surface area (Å²) in [7, 11) is 1.64. The smallest absolute Gasteiger partial charge is 0.126 e. The number of hydrogen-bond acceptors (Lipinski definition) is 3. The van der Waals surface area contributed by atoms with Gasteiger partial charge in [-0.3, -0.25) is 4.68 Å². The lowest BCUT2D eigenvalue weighted by Gasteiger charge is -2.06. The molecule has 1 aliphatic rings. The largest absolute Gasteiger partial charge is 0.496 e. The van der Waals surface area contributed by atoms with Crippen molar-refractivity contribution in [3.05, 3.63) is 36.2 Å². The van der Waals surface area contributed by atoms with Gasteiger partial charge in [-0.05, 0) is 37.0 Å². The van der Waals surface area contributed by atoms with Gasteiger partial charge >= 0.3 is 0 Å². The maximum absolute atomic E-state index is 8.99. The summed E-state index contributed by atoms with van der Waals surface area (Å²) < 4.78 is 7.33. The molecular formula is C15H15N3O. The molecule has 1 heterocycles. The molecule has 0 unspecified atom stereocenters. The normalized spacial score (nSPS) is 14.1. The summed E-state index contributed by atoms with van der Waals surface area (Å²) in [6, 6.07) is 7.59. The number of ether oxygens (including phenoxy) is 1. The predicted octanol–water partition coefficient (Wildman–Crippen LogP) is 2.84. The Labute approximate surface area is 112 Å². The van der Waals surface area contributed by atoms with Gasteiger partial charge in [0.25, 0.3) is 0 Å². The third-order valence-electron chi connectivity index (χ3n) is 3.42. The highest BCUT2D eigenvalue weighted by Crippen LogP contribution is 2.33. The van der Waals surface area contributed by atoms with Crippen LogP contribution in [0.5, 0.6) is 5.75 Å². The van der Waals surface area contributed by atoms with E-state index in [9.17, 15) is 0 Å². The fraction of sp³-hybridized carbons (Fsp3) is 0.333. The van der Waals surface area contributed by atoms with Crippen LogP contribution in [0.2, 0.25) is 0 Å². The first-order chi connectivity index (χ1) is 9.30. The highest BCUT2D eigenvalue weighted by Gasteiger charge is 2.22. The molecule has 4 heteroatoms. The van der Waals surface area contributed by atoms with Crippen molar-refractivity contribution in [2.75, 3.05) is 7.11 Å². The number of aromatic nitrogens is 2. The van der Waals surface area contributed by atoms with E-state index in [0.29, 0.717) is 5.56 Å². The number of rotatable bonds is 4. The van der Waals surface area contributed by atoms with Crippen molar-refractivity contribution < 1.29 is 4.74 Å². The van der Waals surface area contributed by atoms with Crippen LogP contribution in [-0.4, -0.2) is 16.9 Å². The molecule has 1 aliphatic carbocycles. The van der Waals surface area contributed by atoms with Gasteiger partial charge in [0.1, 0.15) is 5.75 Å². The summed E-state index contributed by atoms with van der Waals surface area (Å²) in [5.41, 5.74) is 2.55. The molecule has 4 nitrogen and oxygen atoms in total. The highest BCUT2D eigenvalue weighted by atomic mass is 16.5. The molecule has 0 saturated heterocycles. The van der Waals surface area contributed by atoms with E-state index < -0.39 is 0 Å². The van der Waals surface area contributed by atoms with Crippen LogP contribution in [-0.2, 0) is 6.54 Å². The maximum atomic E-state index is 8.99. The van der Waals surface area contributed by atoms with E-state index in [4.69, 9.17) is 10.00 Å². The Bertz CT molecular complexity index is 635. The fourth-order valence-electron chi connectivity index (χ4n) is 2.17. The highest BCUT2D eigenvalue weighted by molar-refractivity contribution is 5.71. The van der Waals surface area contributed by atoms with Gasteiger partial charge in [0.05, 0.1) is 24.9 Å². The minimum absolute atomic E-state index is 0.630. The first kappa shape index (κ1) is 11.8. The Hall–Kier alpha value is -2.28. The Kier molecular flexibility index (Phi) is 2.96. The van der Waals surface area contributed by atoms with Crippen LogP contribution >= 0.6 is 0 Å². The van der Waals surface area contributed by atoms with E-state index in [2.05, 4.69) is 11.2 Å². The number of benzene rings is 1. The predicted molar refractivity (Wildman–Crippen MR) is 71.7 cm³/mol. The zero-order valence-corrected chi connectivity index (χ0v) is 10.8. The minimum atomic E-state index is 0.630. The van der Waals surface area contributed by atoms with Gasteiger partial charge in [-0.1, -0.05) is 0 Å². The van der Waals surface area contributed by atoms with Gasteiger partial charge in [0, 0.05) is 23.9 Å². The summed E-state index contributed by atoms with van der Waals surface area (Å²) >= 11 is 0. The Morgan fingerprint density at radius 3 is 3.00 bits per heavy atom. The zero-order valence-electron chi connectivity index (χ0n) is 10.8. The fourth-order valence-corrected chi connectivity index (χ4v) is 2.17. The van der Waals surface area contributed by atoms with Crippen molar-refractivity contribution in [3.63, 3.8) is 0 Å². The van der Waals surface area contributed by atoms with E-state index in [-0.39, 0.29) is 0 Å². The molecule has 1 aromatic carbocycles. The molecule has 0 spiro atoms. The first-order valence-electron chi connectivity index (χ1n) is 6.41. The number of hydrogen-bond donors (Lipinski definition) is 0. The summed E-state index contributed by atoms with van der Waals surface area (Å²) in [6.07, 6.45) is 6.48. The monoisotopic (exact) mass is 253 g/mol. The van der Waals surface area contributed by atoms with Crippen molar-refractivity contribution in [1.82, 2.24) is 9.78 Å². The zero-order chi connectivity index (χ0) is 13.2. The van der Waals surface area contributed by atoms with Crippen LogP contribution in [0.15, 0.2) is 30.6 Å². The topological polar surface area (TPSA) is 50.8 Å². The van der Waals surface area contributed by atoms with E-state index in [1.807, 2.05) is 29.2 Å². The third kappa shape index (κ3) is 2.45. The molecule has 2 aromatic rings. The van der Waals surface area contributed by atoms with Gasteiger partial charge in [0.15, 0.2) is 0 Å². The summed E-state index contributed by atoms with van der Waals surface area (Å²) in [5, 5.41) is 13.4. The number of nitriles is 1. The standard InChI is InChI=1S/C15H15N3O/c1-19-15-5-4-12(7-16)6-14(15)13-8-17-18(10-13)9-11-2-3-11/h4-6,8,10-11H,2-3,9H2,1H3. The second kappa shape index (κ2) is 4.77. The summed E-state index contributed by atoms with van der Waals surface area (Å²) in [6.45, 7) is 0.986. The number of nitrogens with zero attached hydrogens (tertiary/aromatic N) is 3. The lowest BCUT2D eigenvalue weighted by atomic mass is 10.1. The lowest BCUT2D eigenvalue weighted by Crippen LogP contribution is -1.99. The molecule has 0 amide bonds. The van der Waals surface area contributed by atoms with Gasteiger partial charge in [-0.2, -0.15) is 10.4 Å². The van der Waals surface area contributed by atoms with Crippen molar-refractivity contribution >= 4 is 0 Å². The van der Waals surface area contributed by atoms with E-state index in [1.165, 1.54) is 12.8 Å². The average molecular weight is 253 g/mol. The molecule has 0 radical (unpaired) electrons. The number of methoxy groups -OCH3 is 1. The van der Waals surface area contributed by atoms with Crippen LogP contribution in [0.3, 0.4) is 0 Å². The van der Waals surface area contributed by atoms with E-state index >= 15 is 0 Å². The Morgan fingerprint density at radius 1 is 1.47 bits per heavy atom. The van der Waals surface area contributed by atoms with Gasteiger partial charge < -0.3 is 4.74 Å². The van der Waals surface area contributed by atoms with Crippen LogP contribution in [0, 0.1) is 17.2 Å². The second-order valence-corrected chi connectivity index (χ2v) is 4.92.